The summed E-state index contributed by atoms with van der Waals surface area (Å²) in [5.41, 5.74) is 0.296. The monoisotopic (exact) mass is 157 g/mol. The van der Waals surface area contributed by atoms with Gasteiger partial charge in [-0.15, -0.1) is 6.54 Å². The third-order valence-corrected chi connectivity index (χ3v) is 2.03. The molecule has 0 saturated carbocycles. The fourth-order valence-corrected chi connectivity index (χ4v) is 1.26. The van der Waals surface area contributed by atoms with Crippen molar-refractivity contribution in [2.75, 3.05) is 13.1 Å². The van der Waals surface area contributed by atoms with Crippen molar-refractivity contribution < 1.29 is 18.9 Å². The van der Waals surface area contributed by atoms with Gasteiger partial charge in [-0.2, -0.15) is 6.54 Å². The Bertz CT molecular complexity index is 175. The minimum atomic E-state index is 0. The molecule has 0 aromatic heterocycles. The zero-order valence-corrected chi connectivity index (χ0v) is 8.38. The van der Waals surface area contributed by atoms with Gasteiger partial charge in [0, 0.05) is 0 Å². The van der Waals surface area contributed by atoms with E-state index in [0.717, 1.165) is 19.5 Å². The van der Waals surface area contributed by atoms with E-state index in [9.17, 15) is 0 Å². The summed E-state index contributed by atoms with van der Waals surface area (Å²) in [5, 5.41) is 4.38. The molecule has 1 aliphatic carbocycles. The van der Waals surface area contributed by atoms with Gasteiger partial charge in [-0.25, -0.2) is 0 Å². The van der Waals surface area contributed by atoms with Crippen LogP contribution in [-0.4, -0.2) is 13.1 Å². The second kappa shape index (κ2) is 5.64. The predicted molar refractivity (Wildman–Crippen MR) is 49.8 cm³/mol. The Morgan fingerprint density at radius 3 is 2.67 bits per heavy atom. The third-order valence-electron chi connectivity index (χ3n) is 2.03. The van der Waals surface area contributed by atoms with Gasteiger partial charge < -0.3 is 5.32 Å². The summed E-state index contributed by atoms with van der Waals surface area (Å²) in [6.45, 7) is 6.25. The summed E-state index contributed by atoms with van der Waals surface area (Å²) in [5.74, 6) is 0. The quantitative estimate of drug-likeness (QED) is 0.508. The molecule has 0 N–H and O–H groups in total. The molecule has 62 valence electrons. The molecule has 2 heteroatoms. The fraction of sp³-hybridized carbons (Fsp3) is 0.600. The second-order valence-corrected chi connectivity index (χ2v) is 3.34. The van der Waals surface area contributed by atoms with Gasteiger partial charge in [0.05, 0.1) is 0 Å². The third kappa shape index (κ3) is 3.63. The van der Waals surface area contributed by atoms with E-state index < -0.39 is 0 Å². The second-order valence-electron chi connectivity index (χ2n) is 3.34. The number of hydrogen-bond donors (Lipinski definition) is 0. The molecule has 1 nitrogen and oxygen atoms in total. The molecular weight excluding hydrogens is 141 g/mol. The van der Waals surface area contributed by atoms with Crippen molar-refractivity contribution in [2.45, 2.75) is 20.3 Å². The van der Waals surface area contributed by atoms with Gasteiger partial charge >= 0.3 is 18.9 Å². The minimum Gasteiger partial charge on any atom is -0.662 e. The summed E-state index contributed by atoms with van der Waals surface area (Å²) in [6.07, 6.45) is 9.83. The molecule has 1 unspecified atom stereocenters. The molecule has 0 radical (unpaired) electrons. The van der Waals surface area contributed by atoms with E-state index in [-0.39, 0.29) is 18.9 Å². The van der Waals surface area contributed by atoms with Crippen molar-refractivity contribution in [3.63, 3.8) is 0 Å². The van der Waals surface area contributed by atoms with Crippen LogP contribution in [0.25, 0.3) is 5.32 Å². The molecule has 0 saturated heterocycles. The van der Waals surface area contributed by atoms with Crippen LogP contribution in [0.3, 0.4) is 0 Å². The summed E-state index contributed by atoms with van der Waals surface area (Å²) in [6, 6.07) is 0. The van der Waals surface area contributed by atoms with Crippen molar-refractivity contribution in [3.05, 3.63) is 29.6 Å². The van der Waals surface area contributed by atoms with Crippen LogP contribution < -0.4 is 18.9 Å². The van der Waals surface area contributed by atoms with Crippen molar-refractivity contribution in [1.82, 2.24) is 0 Å². The molecular formula is C10H16LiN. The van der Waals surface area contributed by atoms with Crippen molar-refractivity contribution in [1.29, 1.82) is 0 Å². The smallest absolute Gasteiger partial charge is 0.662 e. The first-order valence-corrected chi connectivity index (χ1v) is 4.24. The average Bonchev–Trinajstić information content (AvgIpc) is 2.03. The Morgan fingerprint density at radius 2 is 2.17 bits per heavy atom. The number of hydrogen-bond acceptors (Lipinski definition) is 0. The fourth-order valence-electron chi connectivity index (χ4n) is 1.26. The van der Waals surface area contributed by atoms with Gasteiger partial charge in [-0.1, -0.05) is 38.2 Å². The van der Waals surface area contributed by atoms with E-state index >= 15 is 0 Å². The molecule has 0 aliphatic heterocycles. The van der Waals surface area contributed by atoms with E-state index in [4.69, 9.17) is 0 Å². The molecule has 0 spiro atoms. The Morgan fingerprint density at radius 1 is 1.42 bits per heavy atom. The van der Waals surface area contributed by atoms with E-state index in [0.29, 0.717) is 5.41 Å². The van der Waals surface area contributed by atoms with Gasteiger partial charge in [-0.05, 0) is 11.8 Å². The molecule has 0 amide bonds. The molecule has 0 heterocycles. The molecule has 0 aromatic rings. The maximum absolute atomic E-state index is 4.38. The molecule has 0 bridgehead atoms. The van der Waals surface area contributed by atoms with Crippen LogP contribution in [0.2, 0.25) is 0 Å². The van der Waals surface area contributed by atoms with Gasteiger partial charge in [0.15, 0.2) is 0 Å². The summed E-state index contributed by atoms with van der Waals surface area (Å²) in [7, 11) is 0. The normalized spacial score (nSPS) is 26.8. The van der Waals surface area contributed by atoms with Crippen LogP contribution in [-0.2, 0) is 0 Å². The predicted octanol–water partition coefficient (Wildman–Crippen LogP) is -0.0936. The van der Waals surface area contributed by atoms with Crippen molar-refractivity contribution >= 4 is 0 Å². The first-order chi connectivity index (χ1) is 5.27. The maximum Gasteiger partial charge on any atom is 1.00 e. The Hall–Kier alpha value is 0.0374. The Balaban J connectivity index is 0.00000121. The van der Waals surface area contributed by atoms with Gasteiger partial charge in [-0.3, -0.25) is 0 Å². The Labute approximate surface area is 87.5 Å². The van der Waals surface area contributed by atoms with Crippen molar-refractivity contribution in [3.8, 4) is 0 Å². The largest absolute Gasteiger partial charge is 1.00 e. The summed E-state index contributed by atoms with van der Waals surface area (Å²) in [4.78, 5) is 0. The van der Waals surface area contributed by atoms with E-state index in [1.165, 1.54) is 0 Å². The standard InChI is InChI=1S/C10H16N.Li/c1-3-11-9-10(2)7-5-4-6-8-10;/h4-7H,3,8-9H2,1-2H3;/q-1;+1. The minimum absolute atomic E-state index is 0. The Kier molecular flexibility index (Phi) is 5.66. The molecule has 0 aromatic carbocycles. The zero-order valence-electron chi connectivity index (χ0n) is 8.38. The van der Waals surface area contributed by atoms with Gasteiger partial charge in [0.1, 0.15) is 0 Å². The van der Waals surface area contributed by atoms with Crippen LogP contribution in [0.1, 0.15) is 20.3 Å². The number of allylic oxidation sites excluding steroid dienone is 3. The van der Waals surface area contributed by atoms with E-state index in [2.05, 4.69) is 43.5 Å². The first-order valence-electron chi connectivity index (χ1n) is 4.24. The van der Waals surface area contributed by atoms with Crippen LogP contribution in [0.5, 0.6) is 0 Å². The van der Waals surface area contributed by atoms with Crippen LogP contribution in [0.4, 0.5) is 0 Å². The SMILES string of the molecule is CC[N-]CC1(C)C=CC=CC1.[Li+]. The van der Waals surface area contributed by atoms with Gasteiger partial charge in [0.2, 0.25) is 0 Å². The first kappa shape index (κ1) is 12.0. The van der Waals surface area contributed by atoms with Crippen LogP contribution >= 0.6 is 0 Å². The van der Waals surface area contributed by atoms with Crippen LogP contribution in [0, 0.1) is 5.41 Å². The molecule has 0 fully saturated rings. The summed E-state index contributed by atoms with van der Waals surface area (Å²) < 4.78 is 0. The molecule has 12 heavy (non-hydrogen) atoms. The van der Waals surface area contributed by atoms with Gasteiger partial charge in [0.25, 0.3) is 0 Å². The van der Waals surface area contributed by atoms with E-state index in [1.807, 2.05) is 0 Å². The molecule has 1 aliphatic rings. The number of nitrogens with zero attached hydrogens (tertiary/aromatic N) is 1. The zero-order chi connectivity index (χ0) is 8.16. The maximum atomic E-state index is 4.38. The average molecular weight is 157 g/mol. The molecule has 1 rings (SSSR count). The summed E-state index contributed by atoms with van der Waals surface area (Å²) >= 11 is 0. The van der Waals surface area contributed by atoms with Crippen molar-refractivity contribution in [2.24, 2.45) is 5.41 Å². The molecule has 1 atom stereocenters. The topological polar surface area (TPSA) is 14.1 Å². The van der Waals surface area contributed by atoms with E-state index in [1.54, 1.807) is 0 Å². The van der Waals surface area contributed by atoms with Crippen LogP contribution in [0.15, 0.2) is 24.3 Å². The number of rotatable bonds is 3.